The lowest BCUT2D eigenvalue weighted by Crippen LogP contribution is -2.44. The van der Waals surface area contributed by atoms with E-state index in [9.17, 15) is 5.26 Å². The first-order valence-electron chi connectivity index (χ1n) is 12.1. The van der Waals surface area contributed by atoms with E-state index in [1.807, 2.05) is 25.1 Å². The van der Waals surface area contributed by atoms with Gasteiger partial charge in [-0.15, -0.1) is 0 Å². The molecule has 1 aliphatic heterocycles. The Balaban J connectivity index is 1.55. The Labute approximate surface area is 205 Å². The normalized spacial score (nSPS) is 14.4. The summed E-state index contributed by atoms with van der Waals surface area (Å²) in [5.41, 5.74) is 6.87. The minimum Gasteiger partial charge on any atom is -0.369 e. The van der Waals surface area contributed by atoms with Crippen molar-refractivity contribution in [3.63, 3.8) is 0 Å². The molecule has 2 aromatic carbocycles. The summed E-state index contributed by atoms with van der Waals surface area (Å²) in [6.07, 6.45) is 1.75. The quantitative estimate of drug-likeness (QED) is 0.429. The average Bonchev–Trinajstić information content (AvgIpc) is 3.27. The Morgan fingerprint density at radius 2 is 1.80 bits per heavy atom. The van der Waals surface area contributed by atoms with E-state index < -0.39 is 0 Å². The van der Waals surface area contributed by atoms with Crippen molar-refractivity contribution in [2.45, 2.75) is 26.7 Å². The number of piperazine rings is 1. The monoisotopic (exact) mass is 468 g/mol. The number of halogens is 1. The molecule has 0 bridgehead atoms. The highest BCUT2D eigenvalue weighted by atomic mass is 19.1. The van der Waals surface area contributed by atoms with Crippen LogP contribution in [-0.4, -0.2) is 53.3 Å². The standard InChI is InChI=1S/C28H29FN6/c1-4-5-19-14-18(2)25(23(29)15-19)26-21(17-30)16-24-28(31-26)27(33-32-24)20-6-8-22(9-7-20)35-12-10-34(3)11-13-35/h6-9,14-16H,4-5,10-13H2,1-3H3,(H,32,33). The molecule has 0 aliphatic carbocycles. The second-order valence-corrected chi connectivity index (χ2v) is 9.32. The Morgan fingerprint density at radius 3 is 2.46 bits per heavy atom. The van der Waals surface area contributed by atoms with E-state index in [0.717, 1.165) is 55.7 Å². The van der Waals surface area contributed by atoms with E-state index in [0.29, 0.717) is 33.5 Å². The van der Waals surface area contributed by atoms with Gasteiger partial charge in [0.25, 0.3) is 0 Å². The predicted octanol–water partition coefficient (Wildman–Crippen LogP) is 5.32. The molecule has 0 radical (unpaired) electrons. The van der Waals surface area contributed by atoms with Gasteiger partial charge in [-0.3, -0.25) is 5.10 Å². The predicted molar refractivity (Wildman–Crippen MR) is 138 cm³/mol. The number of nitriles is 1. The van der Waals surface area contributed by atoms with Gasteiger partial charge >= 0.3 is 0 Å². The number of nitrogens with one attached hydrogen (secondary N) is 1. The van der Waals surface area contributed by atoms with Crippen molar-refractivity contribution in [2.75, 3.05) is 38.1 Å². The molecule has 6 nitrogen and oxygen atoms in total. The third-order valence-corrected chi connectivity index (χ3v) is 6.79. The third kappa shape index (κ3) is 4.38. The Morgan fingerprint density at radius 1 is 1.06 bits per heavy atom. The number of benzene rings is 2. The maximum atomic E-state index is 15.3. The fraction of sp³-hybridized carbons (Fsp3) is 0.321. The summed E-state index contributed by atoms with van der Waals surface area (Å²) in [4.78, 5) is 9.52. The molecule has 1 aliphatic rings. The lowest BCUT2D eigenvalue weighted by Gasteiger charge is -2.34. The lowest BCUT2D eigenvalue weighted by atomic mass is 9.96. The molecule has 2 aromatic heterocycles. The van der Waals surface area contributed by atoms with Crippen LogP contribution in [0.25, 0.3) is 33.5 Å². The minimum atomic E-state index is -0.349. The second kappa shape index (κ2) is 9.47. The highest BCUT2D eigenvalue weighted by molar-refractivity contribution is 5.93. The number of anilines is 1. The number of aromatic nitrogens is 3. The van der Waals surface area contributed by atoms with Crippen molar-refractivity contribution in [3.05, 3.63) is 65.0 Å². The van der Waals surface area contributed by atoms with Gasteiger partial charge in [-0.2, -0.15) is 10.4 Å². The molecule has 5 rings (SSSR count). The number of fused-ring (bicyclic) bond motifs is 1. The number of hydrogen-bond acceptors (Lipinski definition) is 5. The number of nitrogens with zero attached hydrogens (tertiary/aromatic N) is 5. The number of aromatic amines is 1. The van der Waals surface area contributed by atoms with Crippen LogP contribution in [0, 0.1) is 24.1 Å². The van der Waals surface area contributed by atoms with Crippen LogP contribution >= 0.6 is 0 Å². The molecule has 35 heavy (non-hydrogen) atoms. The average molecular weight is 469 g/mol. The van der Waals surface area contributed by atoms with Crippen LogP contribution in [-0.2, 0) is 6.42 Å². The van der Waals surface area contributed by atoms with Gasteiger partial charge < -0.3 is 9.80 Å². The summed E-state index contributed by atoms with van der Waals surface area (Å²) in [6.45, 7) is 8.06. The number of pyridine rings is 1. The molecule has 0 atom stereocenters. The summed E-state index contributed by atoms with van der Waals surface area (Å²) < 4.78 is 15.3. The van der Waals surface area contributed by atoms with E-state index in [-0.39, 0.29) is 5.82 Å². The molecule has 0 saturated carbocycles. The first-order valence-corrected chi connectivity index (χ1v) is 12.1. The topological polar surface area (TPSA) is 71.8 Å². The molecular weight excluding hydrogens is 439 g/mol. The third-order valence-electron chi connectivity index (χ3n) is 6.79. The van der Waals surface area contributed by atoms with Crippen LogP contribution in [0.4, 0.5) is 10.1 Å². The first-order chi connectivity index (χ1) is 17.0. The highest BCUT2D eigenvalue weighted by Crippen LogP contribution is 2.34. The van der Waals surface area contributed by atoms with Gasteiger partial charge in [0, 0.05) is 43.0 Å². The van der Waals surface area contributed by atoms with Crippen molar-refractivity contribution in [3.8, 4) is 28.6 Å². The van der Waals surface area contributed by atoms with E-state index in [1.165, 1.54) is 5.69 Å². The molecule has 0 unspecified atom stereocenters. The molecule has 1 saturated heterocycles. The van der Waals surface area contributed by atoms with Crippen molar-refractivity contribution in [2.24, 2.45) is 0 Å². The molecular formula is C28H29FN6. The number of H-pyrrole nitrogens is 1. The highest BCUT2D eigenvalue weighted by Gasteiger charge is 2.20. The smallest absolute Gasteiger partial charge is 0.133 e. The van der Waals surface area contributed by atoms with E-state index >= 15 is 4.39 Å². The Hall–Kier alpha value is -3.76. The maximum absolute atomic E-state index is 15.3. The number of aryl methyl sites for hydroxylation is 2. The zero-order valence-corrected chi connectivity index (χ0v) is 20.4. The SMILES string of the molecule is CCCc1cc(C)c(-c2nc3c(-c4ccc(N5CCN(C)CC5)cc4)n[nH]c3cc2C#N)c(F)c1. The zero-order chi connectivity index (χ0) is 24.5. The zero-order valence-electron chi connectivity index (χ0n) is 20.4. The van der Waals surface area contributed by atoms with Gasteiger partial charge in [-0.25, -0.2) is 9.37 Å². The summed E-state index contributed by atoms with van der Waals surface area (Å²) in [5.74, 6) is -0.349. The maximum Gasteiger partial charge on any atom is 0.133 e. The van der Waals surface area contributed by atoms with Crippen molar-refractivity contribution in [1.29, 1.82) is 5.26 Å². The van der Waals surface area contributed by atoms with Gasteiger partial charge in [0.1, 0.15) is 23.1 Å². The van der Waals surface area contributed by atoms with Crippen molar-refractivity contribution >= 4 is 16.7 Å². The van der Waals surface area contributed by atoms with E-state index in [4.69, 9.17) is 4.98 Å². The summed E-state index contributed by atoms with van der Waals surface area (Å²) in [6, 6.07) is 15.8. The Kier molecular flexibility index (Phi) is 6.23. The van der Waals surface area contributed by atoms with Gasteiger partial charge in [-0.05, 0) is 55.8 Å². The largest absolute Gasteiger partial charge is 0.369 e. The van der Waals surface area contributed by atoms with Crippen LogP contribution < -0.4 is 4.90 Å². The molecule has 4 aromatic rings. The fourth-order valence-corrected chi connectivity index (χ4v) is 4.87. The molecule has 3 heterocycles. The van der Waals surface area contributed by atoms with Gasteiger partial charge in [-0.1, -0.05) is 31.5 Å². The van der Waals surface area contributed by atoms with E-state index in [1.54, 1.807) is 12.1 Å². The summed E-state index contributed by atoms with van der Waals surface area (Å²) in [7, 11) is 2.15. The molecule has 1 fully saturated rings. The molecule has 178 valence electrons. The Bertz CT molecular complexity index is 1390. The van der Waals surface area contributed by atoms with Crippen LogP contribution in [0.5, 0.6) is 0 Å². The van der Waals surface area contributed by atoms with E-state index in [2.05, 4.69) is 52.2 Å². The van der Waals surface area contributed by atoms with Crippen LogP contribution in [0.15, 0.2) is 42.5 Å². The van der Waals surface area contributed by atoms with Crippen LogP contribution in [0.2, 0.25) is 0 Å². The number of rotatable bonds is 5. The summed E-state index contributed by atoms with van der Waals surface area (Å²) in [5, 5.41) is 17.3. The molecule has 0 spiro atoms. The van der Waals surface area contributed by atoms with Crippen LogP contribution in [0.3, 0.4) is 0 Å². The fourth-order valence-electron chi connectivity index (χ4n) is 4.87. The number of likely N-dealkylation sites (N-methyl/N-ethyl adjacent to an activating group) is 1. The van der Waals surface area contributed by atoms with Crippen molar-refractivity contribution < 1.29 is 4.39 Å². The minimum absolute atomic E-state index is 0.323. The molecule has 0 amide bonds. The summed E-state index contributed by atoms with van der Waals surface area (Å²) >= 11 is 0. The second-order valence-electron chi connectivity index (χ2n) is 9.32. The lowest BCUT2D eigenvalue weighted by molar-refractivity contribution is 0.313. The number of hydrogen-bond donors (Lipinski definition) is 1. The van der Waals surface area contributed by atoms with Gasteiger partial charge in [0.15, 0.2) is 0 Å². The van der Waals surface area contributed by atoms with Crippen molar-refractivity contribution in [1.82, 2.24) is 20.1 Å². The van der Waals surface area contributed by atoms with Crippen LogP contribution in [0.1, 0.15) is 30.0 Å². The first kappa shape index (κ1) is 23.0. The molecule has 1 N–H and O–H groups in total. The van der Waals surface area contributed by atoms with Gasteiger partial charge in [0.2, 0.25) is 0 Å². The van der Waals surface area contributed by atoms with Gasteiger partial charge in [0.05, 0.1) is 16.8 Å². The molecule has 7 heteroatoms.